The van der Waals surface area contributed by atoms with E-state index in [1.54, 1.807) is 24.3 Å². The number of morpholine rings is 1. The molecule has 0 aromatic heterocycles. The summed E-state index contributed by atoms with van der Waals surface area (Å²) < 4.78 is 5.46. The quantitative estimate of drug-likeness (QED) is 0.548. The highest BCUT2D eigenvalue weighted by atomic mass is 16.5. The van der Waals surface area contributed by atoms with Crippen molar-refractivity contribution in [1.82, 2.24) is 15.5 Å². The molecule has 3 amide bonds. The van der Waals surface area contributed by atoms with Gasteiger partial charge in [0.25, 0.3) is 0 Å². The van der Waals surface area contributed by atoms with E-state index in [1.165, 1.54) is 0 Å². The summed E-state index contributed by atoms with van der Waals surface area (Å²) in [5.74, 6) is -0.443. The number of nitrogens with one attached hydrogen (secondary N) is 2. The fourth-order valence-electron chi connectivity index (χ4n) is 4.22. The fourth-order valence-corrected chi connectivity index (χ4v) is 4.22. The molecule has 5 N–H and O–H groups in total. The van der Waals surface area contributed by atoms with Gasteiger partial charge in [-0.3, -0.25) is 9.69 Å². The molecule has 0 radical (unpaired) electrons. The maximum atomic E-state index is 12.5. The third kappa shape index (κ3) is 5.14. The van der Waals surface area contributed by atoms with E-state index in [1.807, 2.05) is 0 Å². The number of phenols is 1. The molecule has 1 heterocycles. The van der Waals surface area contributed by atoms with Crippen LogP contribution in [-0.4, -0.2) is 66.4 Å². The van der Waals surface area contributed by atoms with Crippen LogP contribution in [0.5, 0.6) is 5.75 Å². The number of rotatable bonds is 7. The zero-order valence-electron chi connectivity index (χ0n) is 16.2. The molecule has 0 spiro atoms. The molecule has 8 nitrogen and oxygen atoms in total. The number of nitrogens with zero attached hydrogens (tertiary/aromatic N) is 1. The molecule has 28 heavy (non-hydrogen) atoms. The number of urea groups is 1. The number of amides is 3. The zero-order valence-corrected chi connectivity index (χ0v) is 16.2. The van der Waals surface area contributed by atoms with E-state index in [0.29, 0.717) is 6.54 Å². The molecule has 2 aliphatic rings. The zero-order chi connectivity index (χ0) is 20.0. The van der Waals surface area contributed by atoms with Gasteiger partial charge in [-0.1, -0.05) is 25.0 Å². The van der Waals surface area contributed by atoms with Crippen LogP contribution in [-0.2, 0) is 16.0 Å². The van der Waals surface area contributed by atoms with Crippen LogP contribution in [0.15, 0.2) is 24.3 Å². The first-order valence-corrected chi connectivity index (χ1v) is 9.93. The lowest BCUT2D eigenvalue weighted by atomic mass is 9.94. The first-order chi connectivity index (χ1) is 13.5. The van der Waals surface area contributed by atoms with Gasteiger partial charge >= 0.3 is 6.03 Å². The van der Waals surface area contributed by atoms with Crippen molar-refractivity contribution in [3.63, 3.8) is 0 Å². The van der Waals surface area contributed by atoms with Gasteiger partial charge in [0.1, 0.15) is 11.8 Å². The molecular weight excluding hydrogens is 360 g/mol. The molecule has 8 heteroatoms. The molecule has 0 bridgehead atoms. The Balaban J connectivity index is 1.56. The van der Waals surface area contributed by atoms with Crippen molar-refractivity contribution < 1.29 is 19.4 Å². The van der Waals surface area contributed by atoms with Crippen molar-refractivity contribution in [2.45, 2.75) is 43.7 Å². The SMILES string of the molecule is NC(=O)C(Cc1ccc(O)cc1)NC(=O)NCC1(N2CCOCC2)CCCC1. The van der Waals surface area contributed by atoms with Gasteiger partial charge in [-0.15, -0.1) is 0 Å². The molecule has 3 rings (SSSR count). The second kappa shape index (κ2) is 9.25. The third-order valence-corrected chi connectivity index (χ3v) is 5.82. The fraction of sp³-hybridized carbons (Fsp3) is 0.600. The molecule has 154 valence electrons. The number of carbonyl (C=O) groups is 2. The topological polar surface area (TPSA) is 117 Å². The smallest absolute Gasteiger partial charge is 0.315 e. The molecule has 2 fully saturated rings. The number of carbonyl (C=O) groups excluding carboxylic acids is 2. The van der Waals surface area contributed by atoms with Gasteiger partial charge in [0.05, 0.1) is 13.2 Å². The summed E-state index contributed by atoms with van der Waals surface area (Å²) in [6.45, 7) is 3.76. The van der Waals surface area contributed by atoms with Crippen molar-refractivity contribution >= 4 is 11.9 Å². The Morgan fingerprint density at radius 1 is 1.18 bits per heavy atom. The van der Waals surface area contributed by atoms with Crippen LogP contribution >= 0.6 is 0 Å². The Labute approximate surface area is 165 Å². The standard InChI is InChI=1S/C20H30N4O4/c21-18(26)17(13-15-3-5-16(25)6-4-15)23-19(27)22-14-20(7-1-2-8-20)24-9-11-28-12-10-24/h3-6,17,25H,1-2,7-14H2,(H2,21,26)(H2,22,23,27). The van der Waals surface area contributed by atoms with Crippen LogP contribution in [0.4, 0.5) is 4.79 Å². The van der Waals surface area contributed by atoms with Gasteiger partial charge in [-0.2, -0.15) is 0 Å². The summed E-state index contributed by atoms with van der Waals surface area (Å²) in [6.07, 6.45) is 4.70. The third-order valence-electron chi connectivity index (χ3n) is 5.82. The minimum atomic E-state index is -0.813. The number of nitrogens with two attached hydrogens (primary N) is 1. The van der Waals surface area contributed by atoms with Gasteiger partial charge in [-0.25, -0.2) is 4.79 Å². The van der Waals surface area contributed by atoms with Crippen LogP contribution in [0.3, 0.4) is 0 Å². The molecule has 1 aliphatic heterocycles. The molecule has 1 saturated heterocycles. The van der Waals surface area contributed by atoms with Crippen LogP contribution in [0.2, 0.25) is 0 Å². The van der Waals surface area contributed by atoms with Crippen molar-refractivity contribution in [1.29, 1.82) is 0 Å². The minimum Gasteiger partial charge on any atom is -0.508 e. The average Bonchev–Trinajstić information content (AvgIpc) is 3.18. The molecule has 1 unspecified atom stereocenters. The highest BCUT2D eigenvalue weighted by Crippen LogP contribution is 2.35. The molecule has 1 aliphatic carbocycles. The maximum absolute atomic E-state index is 12.5. The van der Waals surface area contributed by atoms with Gasteiger partial charge < -0.3 is 26.2 Å². The predicted molar refractivity (Wildman–Crippen MR) is 105 cm³/mol. The van der Waals surface area contributed by atoms with Crippen molar-refractivity contribution in [3.8, 4) is 5.75 Å². The van der Waals surface area contributed by atoms with Crippen LogP contribution in [0.25, 0.3) is 0 Å². The Kier molecular flexibility index (Phi) is 6.74. The lowest BCUT2D eigenvalue weighted by Crippen LogP contribution is -2.59. The van der Waals surface area contributed by atoms with Crippen molar-refractivity contribution in [2.75, 3.05) is 32.8 Å². The first kappa shape index (κ1) is 20.4. The predicted octanol–water partition coefficient (Wildman–Crippen LogP) is 0.733. The Morgan fingerprint density at radius 3 is 2.43 bits per heavy atom. The summed E-state index contributed by atoms with van der Waals surface area (Å²) in [7, 11) is 0. The summed E-state index contributed by atoms with van der Waals surface area (Å²) in [6, 6.07) is 5.29. The average molecular weight is 390 g/mol. The van der Waals surface area contributed by atoms with Gasteiger partial charge in [0, 0.05) is 31.6 Å². The first-order valence-electron chi connectivity index (χ1n) is 9.93. The number of aromatic hydroxyl groups is 1. The second-order valence-corrected chi connectivity index (χ2v) is 7.68. The van der Waals surface area contributed by atoms with Crippen molar-refractivity contribution in [2.24, 2.45) is 5.73 Å². The van der Waals surface area contributed by atoms with Crippen LogP contribution < -0.4 is 16.4 Å². The number of primary amides is 1. The molecule has 1 aromatic carbocycles. The summed E-state index contributed by atoms with van der Waals surface area (Å²) in [5, 5.41) is 15.0. The van der Waals surface area contributed by atoms with E-state index < -0.39 is 11.9 Å². The molecule has 1 aromatic rings. The number of benzene rings is 1. The Bertz CT molecular complexity index is 667. The summed E-state index contributed by atoms with van der Waals surface area (Å²) >= 11 is 0. The van der Waals surface area contributed by atoms with E-state index in [4.69, 9.17) is 10.5 Å². The molecule has 1 atom stereocenters. The lowest BCUT2D eigenvalue weighted by molar-refractivity contribution is -0.119. The van der Waals surface area contributed by atoms with E-state index in [-0.39, 0.29) is 23.7 Å². The lowest BCUT2D eigenvalue weighted by Gasteiger charge is -2.43. The van der Waals surface area contributed by atoms with Crippen LogP contribution in [0, 0.1) is 0 Å². The highest BCUT2D eigenvalue weighted by molar-refractivity contribution is 5.86. The maximum Gasteiger partial charge on any atom is 0.315 e. The van der Waals surface area contributed by atoms with Gasteiger partial charge in [-0.05, 0) is 30.5 Å². The number of phenolic OH excluding ortho intramolecular Hbond substituents is 1. The van der Waals surface area contributed by atoms with E-state index in [0.717, 1.165) is 57.6 Å². The summed E-state index contributed by atoms with van der Waals surface area (Å²) in [4.78, 5) is 26.7. The monoisotopic (exact) mass is 390 g/mol. The number of hydrogen-bond acceptors (Lipinski definition) is 5. The van der Waals surface area contributed by atoms with E-state index >= 15 is 0 Å². The Hall–Kier alpha value is -2.32. The largest absolute Gasteiger partial charge is 0.508 e. The van der Waals surface area contributed by atoms with Crippen molar-refractivity contribution in [3.05, 3.63) is 29.8 Å². The summed E-state index contributed by atoms with van der Waals surface area (Å²) in [5.41, 5.74) is 6.25. The Morgan fingerprint density at radius 2 is 1.82 bits per heavy atom. The molecule has 1 saturated carbocycles. The van der Waals surface area contributed by atoms with E-state index in [9.17, 15) is 14.7 Å². The van der Waals surface area contributed by atoms with E-state index in [2.05, 4.69) is 15.5 Å². The highest BCUT2D eigenvalue weighted by Gasteiger charge is 2.40. The number of ether oxygens (including phenoxy) is 1. The molecular formula is C20H30N4O4. The van der Waals surface area contributed by atoms with Gasteiger partial charge in [0.15, 0.2) is 0 Å². The minimum absolute atomic E-state index is 0.0275. The van der Waals surface area contributed by atoms with Crippen LogP contribution in [0.1, 0.15) is 31.2 Å². The van der Waals surface area contributed by atoms with Gasteiger partial charge in [0.2, 0.25) is 5.91 Å². The second-order valence-electron chi connectivity index (χ2n) is 7.68. The normalized spacial score (nSPS) is 20.4. The number of hydrogen-bond donors (Lipinski definition) is 4.